The lowest BCUT2D eigenvalue weighted by Gasteiger charge is -2.16. The van der Waals surface area contributed by atoms with Crippen molar-refractivity contribution in [1.29, 1.82) is 0 Å². The molecule has 90 valence electrons. The molecule has 1 aliphatic carbocycles. The van der Waals surface area contributed by atoms with Crippen molar-refractivity contribution in [2.24, 2.45) is 7.05 Å². The van der Waals surface area contributed by atoms with Crippen molar-refractivity contribution in [3.63, 3.8) is 0 Å². The number of fused-ring (bicyclic) bond motifs is 3. The molecule has 5 nitrogen and oxygen atoms in total. The zero-order valence-electron chi connectivity index (χ0n) is 10.2. The minimum Gasteiger partial charge on any atom is -0.246 e. The molecular weight excluding hydrogens is 216 g/mol. The largest absolute Gasteiger partial charge is 0.351 e. The van der Waals surface area contributed by atoms with E-state index in [0.717, 1.165) is 36.4 Å². The highest BCUT2D eigenvalue weighted by Gasteiger charge is 2.20. The Balaban J connectivity index is 2.44. The van der Waals surface area contributed by atoms with Crippen molar-refractivity contribution < 1.29 is 0 Å². The van der Waals surface area contributed by atoms with Gasteiger partial charge in [0.05, 0.1) is 0 Å². The predicted octanol–water partition coefficient (Wildman–Crippen LogP) is 0.869. The van der Waals surface area contributed by atoms with Gasteiger partial charge in [-0.2, -0.15) is 0 Å². The standard InChI is InChI=1S/C12H16N4O/c1-3-10-13-9-7-5-4-6-8(9)11-14-15(2)12(17)16(10)11/h3-7H2,1-2H3. The van der Waals surface area contributed by atoms with Gasteiger partial charge < -0.3 is 0 Å². The van der Waals surface area contributed by atoms with Gasteiger partial charge in [-0.3, -0.25) is 0 Å². The number of nitrogens with zero attached hydrogens (tertiary/aromatic N) is 4. The molecule has 0 aromatic carbocycles. The second-order valence-corrected chi connectivity index (χ2v) is 4.58. The predicted molar refractivity (Wildman–Crippen MR) is 64.2 cm³/mol. The van der Waals surface area contributed by atoms with Gasteiger partial charge in [0.25, 0.3) is 0 Å². The summed E-state index contributed by atoms with van der Waals surface area (Å²) in [5.74, 6) is 0.832. The summed E-state index contributed by atoms with van der Waals surface area (Å²) in [4.78, 5) is 16.7. The first-order valence-electron chi connectivity index (χ1n) is 6.18. The molecule has 0 radical (unpaired) electrons. The highest BCUT2D eigenvalue weighted by molar-refractivity contribution is 5.50. The summed E-state index contributed by atoms with van der Waals surface area (Å²) in [5.41, 5.74) is 3.05. The van der Waals surface area contributed by atoms with E-state index in [1.807, 2.05) is 6.92 Å². The fourth-order valence-corrected chi connectivity index (χ4v) is 2.59. The molecule has 0 amide bonds. The first kappa shape index (κ1) is 10.5. The fourth-order valence-electron chi connectivity index (χ4n) is 2.59. The first-order valence-corrected chi connectivity index (χ1v) is 6.18. The van der Waals surface area contributed by atoms with Crippen LogP contribution in [0.4, 0.5) is 0 Å². The molecule has 2 aromatic rings. The van der Waals surface area contributed by atoms with Gasteiger partial charge >= 0.3 is 5.69 Å². The number of rotatable bonds is 1. The molecule has 0 spiro atoms. The molecule has 0 saturated carbocycles. The average Bonchev–Trinajstić information content (AvgIpc) is 2.65. The van der Waals surface area contributed by atoms with Crippen LogP contribution in [0.2, 0.25) is 0 Å². The third kappa shape index (κ3) is 1.41. The summed E-state index contributed by atoms with van der Waals surface area (Å²) >= 11 is 0. The summed E-state index contributed by atoms with van der Waals surface area (Å²) in [6.45, 7) is 2.02. The Bertz CT molecular complexity index is 638. The SMILES string of the molecule is CCc1nc2c(c3nn(C)c(=O)n13)CCCC2. The van der Waals surface area contributed by atoms with E-state index < -0.39 is 0 Å². The minimum atomic E-state index is -0.0854. The maximum absolute atomic E-state index is 12.0. The van der Waals surface area contributed by atoms with Crippen LogP contribution in [0.15, 0.2) is 4.79 Å². The second-order valence-electron chi connectivity index (χ2n) is 4.58. The van der Waals surface area contributed by atoms with E-state index in [4.69, 9.17) is 0 Å². The Morgan fingerprint density at radius 2 is 2.06 bits per heavy atom. The smallest absolute Gasteiger partial charge is 0.246 e. The number of aromatic nitrogens is 4. The molecule has 1 aliphatic rings. The Morgan fingerprint density at radius 1 is 1.29 bits per heavy atom. The molecule has 5 heteroatoms. The quantitative estimate of drug-likeness (QED) is 0.733. The monoisotopic (exact) mass is 232 g/mol. The maximum Gasteiger partial charge on any atom is 0.351 e. The van der Waals surface area contributed by atoms with Crippen LogP contribution < -0.4 is 5.69 Å². The van der Waals surface area contributed by atoms with Crippen molar-refractivity contribution in [3.05, 3.63) is 27.6 Å². The van der Waals surface area contributed by atoms with E-state index in [1.165, 1.54) is 23.1 Å². The topological polar surface area (TPSA) is 52.2 Å². The average molecular weight is 232 g/mol. The summed E-state index contributed by atoms with van der Waals surface area (Å²) in [6.07, 6.45) is 5.13. The van der Waals surface area contributed by atoms with Gasteiger partial charge in [0.15, 0.2) is 5.65 Å². The van der Waals surface area contributed by atoms with Gasteiger partial charge in [-0.25, -0.2) is 18.9 Å². The van der Waals surface area contributed by atoms with Crippen molar-refractivity contribution >= 4 is 5.65 Å². The molecule has 0 N–H and O–H groups in total. The highest BCUT2D eigenvalue weighted by Crippen LogP contribution is 2.22. The first-order chi connectivity index (χ1) is 8.22. The minimum absolute atomic E-state index is 0.0854. The lowest BCUT2D eigenvalue weighted by molar-refractivity contribution is 0.654. The van der Waals surface area contributed by atoms with E-state index in [1.54, 1.807) is 11.4 Å². The molecule has 0 bridgehead atoms. The van der Waals surface area contributed by atoms with Crippen molar-refractivity contribution in [3.8, 4) is 0 Å². The number of hydrogen-bond acceptors (Lipinski definition) is 3. The zero-order valence-corrected chi connectivity index (χ0v) is 10.2. The van der Waals surface area contributed by atoms with Crippen molar-refractivity contribution in [1.82, 2.24) is 19.2 Å². The van der Waals surface area contributed by atoms with E-state index in [0.29, 0.717) is 0 Å². The zero-order chi connectivity index (χ0) is 12.0. The van der Waals surface area contributed by atoms with E-state index in [-0.39, 0.29) is 5.69 Å². The lowest BCUT2D eigenvalue weighted by Crippen LogP contribution is -2.22. The van der Waals surface area contributed by atoms with Crippen LogP contribution in [0.1, 0.15) is 36.8 Å². The molecule has 17 heavy (non-hydrogen) atoms. The van der Waals surface area contributed by atoms with E-state index in [2.05, 4.69) is 10.1 Å². The van der Waals surface area contributed by atoms with Crippen LogP contribution in [-0.4, -0.2) is 19.2 Å². The van der Waals surface area contributed by atoms with Gasteiger partial charge in [-0.15, -0.1) is 5.10 Å². The van der Waals surface area contributed by atoms with Crippen LogP contribution in [0.3, 0.4) is 0 Å². The normalized spacial score (nSPS) is 15.2. The van der Waals surface area contributed by atoms with E-state index in [9.17, 15) is 4.79 Å². The fraction of sp³-hybridized carbons (Fsp3) is 0.583. The third-order valence-corrected chi connectivity index (χ3v) is 3.47. The highest BCUT2D eigenvalue weighted by atomic mass is 16.2. The van der Waals surface area contributed by atoms with Gasteiger partial charge in [-0.1, -0.05) is 6.92 Å². The van der Waals surface area contributed by atoms with Crippen molar-refractivity contribution in [2.75, 3.05) is 0 Å². The molecule has 2 heterocycles. The Hall–Kier alpha value is -1.65. The van der Waals surface area contributed by atoms with Crippen LogP contribution in [0, 0.1) is 0 Å². The van der Waals surface area contributed by atoms with Gasteiger partial charge in [0, 0.05) is 24.7 Å². The van der Waals surface area contributed by atoms with Crippen LogP contribution in [0.5, 0.6) is 0 Å². The van der Waals surface area contributed by atoms with Crippen LogP contribution >= 0.6 is 0 Å². The second kappa shape index (κ2) is 3.68. The molecule has 2 aromatic heterocycles. The molecule has 0 fully saturated rings. The molecule has 0 saturated heterocycles. The summed E-state index contributed by atoms with van der Waals surface area (Å²) in [6, 6.07) is 0. The number of aryl methyl sites for hydroxylation is 4. The van der Waals surface area contributed by atoms with E-state index >= 15 is 0 Å². The molecule has 0 unspecified atom stereocenters. The lowest BCUT2D eigenvalue weighted by atomic mass is 9.97. The number of hydrogen-bond donors (Lipinski definition) is 0. The summed E-state index contributed by atoms with van der Waals surface area (Å²) < 4.78 is 3.08. The van der Waals surface area contributed by atoms with Crippen LogP contribution in [0.25, 0.3) is 5.65 Å². The molecular formula is C12H16N4O. The molecule has 0 atom stereocenters. The Labute approximate surface area is 99.1 Å². The summed E-state index contributed by atoms with van der Waals surface area (Å²) in [7, 11) is 1.70. The maximum atomic E-state index is 12.0. The summed E-state index contributed by atoms with van der Waals surface area (Å²) in [5, 5.41) is 4.36. The molecule has 0 aliphatic heterocycles. The Morgan fingerprint density at radius 3 is 2.82 bits per heavy atom. The molecule has 3 rings (SSSR count). The van der Waals surface area contributed by atoms with Gasteiger partial charge in [-0.05, 0) is 25.7 Å². The third-order valence-electron chi connectivity index (χ3n) is 3.47. The van der Waals surface area contributed by atoms with Gasteiger partial charge in [0.1, 0.15) is 5.82 Å². The Kier molecular flexibility index (Phi) is 2.28. The van der Waals surface area contributed by atoms with Crippen molar-refractivity contribution in [2.45, 2.75) is 39.0 Å². The van der Waals surface area contributed by atoms with Gasteiger partial charge in [0.2, 0.25) is 0 Å². The van der Waals surface area contributed by atoms with Crippen LogP contribution in [-0.2, 0) is 26.3 Å².